The van der Waals surface area contributed by atoms with Crippen LogP contribution in [0.3, 0.4) is 0 Å². The van der Waals surface area contributed by atoms with Crippen LogP contribution in [0.2, 0.25) is 0 Å². The van der Waals surface area contributed by atoms with Gasteiger partial charge >= 0.3 is 5.97 Å². The van der Waals surface area contributed by atoms with Crippen LogP contribution in [0.5, 0.6) is 11.5 Å². The minimum Gasteiger partial charge on any atom is -0.478 e. The Bertz CT molecular complexity index is 709. The van der Waals surface area contributed by atoms with Gasteiger partial charge in [-0.15, -0.1) is 0 Å². The smallest absolute Gasteiger partial charge is 0.328 e. The molecule has 0 aliphatic heterocycles. The molecular formula is C16H12F2O3. The second-order valence-corrected chi connectivity index (χ2v) is 4.40. The Hall–Kier alpha value is -2.69. The highest BCUT2D eigenvalue weighted by Gasteiger charge is 2.05. The van der Waals surface area contributed by atoms with Crippen molar-refractivity contribution >= 4 is 12.0 Å². The second kappa shape index (κ2) is 6.17. The Morgan fingerprint density at radius 3 is 2.57 bits per heavy atom. The third kappa shape index (κ3) is 4.14. The van der Waals surface area contributed by atoms with Gasteiger partial charge in [0.1, 0.15) is 23.1 Å². The van der Waals surface area contributed by atoms with Crippen LogP contribution in [0.25, 0.3) is 6.08 Å². The lowest BCUT2D eigenvalue weighted by atomic mass is 10.2. The van der Waals surface area contributed by atoms with E-state index in [0.717, 1.165) is 12.1 Å². The van der Waals surface area contributed by atoms with Crippen LogP contribution in [0, 0.1) is 18.6 Å². The third-order valence-electron chi connectivity index (χ3n) is 2.69. The molecule has 0 amide bonds. The molecule has 2 aromatic carbocycles. The van der Waals surface area contributed by atoms with E-state index in [0.29, 0.717) is 11.1 Å². The van der Waals surface area contributed by atoms with E-state index in [1.807, 2.05) is 0 Å². The van der Waals surface area contributed by atoms with Gasteiger partial charge in [0.25, 0.3) is 0 Å². The summed E-state index contributed by atoms with van der Waals surface area (Å²) in [5.41, 5.74) is 0.812. The first-order chi connectivity index (χ1) is 9.94. The van der Waals surface area contributed by atoms with Gasteiger partial charge in [-0.1, -0.05) is 6.07 Å². The fourth-order valence-corrected chi connectivity index (χ4v) is 1.68. The van der Waals surface area contributed by atoms with Crippen LogP contribution < -0.4 is 4.74 Å². The largest absolute Gasteiger partial charge is 0.478 e. The Kier molecular flexibility index (Phi) is 4.33. The van der Waals surface area contributed by atoms with Gasteiger partial charge in [0.15, 0.2) is 0 Å². The maximum Gasteiger partial charge on any atom is 0.328 e. The molecule has 1 N–H and O–H groups in total. The highest BCUT2D eigenvalue weighted by molar-refractivity contribution is 5.85. The van der Waals surface area contributed by atoms with E-state index < -0.39 is 17.6 Å². The van der Waals surface area contributed by atoms with Crippen molar-refractivity contribution in [2.75, 3.05) is 0 Å². The first-order valence-corrected chi connectivity index (χ1v) is 6.09. The lowest BCUT2D eigenvalue weighted by molar-refractivity contribution is -0.131. The maximum absolute atomic E-state index is 13.5. The Labute approximate surface area is 120 Å². The molecule has 0 saturated heterocycles. The van der Waals surface area contributed by atoms with Crippen molar-refractivity contribution < 1.29 is 23.4 Å². The van der Waals surface area contributed by atoms with Crippen molar-refractivity contribution in [3.8, 4) is 11.5 Å². The van der Waals surface area contributed by atoms with Crippen molar-refractivity contribution in [2.24, 2.45) is 0 Å². The summed E-state index contributed by atoms with van der Waals surface area (Å²) < 4.78 is 32.3. The van der Waals surface area contributed by atoms with Gasteiger partial charge in [-0.3, -0.25) is 0 Å². The topological polar surface area (TPSA) is 46.5 Å². The predicted molar refractivity (Wildman–Crippen MR) is 74.3 cm³/mol. The zero-order valence-electron chi connectivity index (χ0n) is 11.1. The first kappa shape index (κ1) is 14.7. The third-order valence-corrected chi connectivity index (χ3v) is 2.69. The quantitative estimate of drug-likeness (QED) is 0.860. The summed E-state index contributed by atoms with van der Waals surface area (Å²) in [5.74, 6) is -1.75. The van der Waals surface area contributed by atoms with Crippen LogP contribution in [0.1, 0.15) is 11.1 Å². The molecule has 0 atom stereocenters. The van der Waals surface area contributed by atoms with Gasteiger partial charge < -0.3 is 9.84 Å². The number of hydrogen-bond donors (Lipinski definition) is 1. The monoisotopic (exact) mass is 290 g/mol. The maximum atomic E-state index is 13.5. The Balaban J connectivity index is 2.27. The predicted octanol–water partition coefficient (Wildman–Crippen LogP) is 4.16. The highest BCUT2D eigenvalue weighted by Crippen LogP contribution is 2.25. The van der Waals surface area contributed by atoms with Gasteiger partial charge in [0.2, 0.25) is 0 Å². The summed E-state index contributed by atoms with van der Waals surface area (Å²) in [4.78, 5) is 10.4. The van der Waals surface area contributed by atoms with Crippen molar-refractivity contribution in [2.45, 2.75) is 6.92 Å². The van der Waals surface area contributed by atoms with Crippen LogP contribution in [-0.2, 0) is 4.79 Å². The number of benzene rings is 2. The summed E-state index contributed by atoms with van der Waals surface area (Å²) in [5, 5.41) is 8.55. The molecule has 0 unspecified atom stereocenters. The number of hydrogen-bond acceptors (Lipinski definition) is 2. The number of carboxylic acid groups (broad SMARTS) is 1. The zero-order chi connectivity index (χ0) is 15.4. The van der Waals surface area contributed by atoms with Crippen LogP contribution in [0.15, 0.2) is 42.5 Å². The summed E-state index contributed by atoms with van der Waals surface area (Å²) >= 11 is 0. The molecule has 0 radical (unpaired) electrons. The van der Waals surface area contributed by atoms with Crippen LogP contribution in [-0.4, -0.2) is 11.1 Å². The highest BCUT2D eigenvalue weighted by atomic mass is 19.1. The molecule has 0 aromatic heterocycles. The molecule has 21 heavy (non-hydrogen) atoms. The lowest BCUT2D eigenvalue weighted by Crippen LogP contribution is -1.90. The summed E-state index contributed by atoms with van der Waals surface area (Å²) in [7, 11) is 0. The van der Waals surface area contributed by atoms with E-state index in [9.17, 15) is 13.6 Å². The molecule has 0 bridgehead atoms. The second-order valence-electron chi connectivity index (χ2n) is 4.40. The fraction of sp³-hybridized carbons (Fsp3) is 0.0625. The molecule has 108 valence electrons. The van der Waals surface area contributed by atoms with E-state index in [1.54, 1.807) is 19.1 Å². The molecule has 3 nitrogen and oxygen atoms in total. The number of ether oxygens (including phenoxy) is 1. The lowest BCUT2D eigenvalue weighted by Gasteiger charge is -2.08. The normalized spacial score (nSPS) is 10.8. The number of carboxylic acids is 1. The minimum absolute atomic E-state index is 0.156. The van der Waals surface area contributed by atoms with E-state index in [2.05, 4.69) is 0 Å². The summed E-state index contributed by atoms with van der Waals surface area (Å²) in [6.07, 6.45) is 2.14. The summed E-state index contributed by atoms with van der Waals surface area (Å²) in [6.45, 7) is 1.62. The molecule has 0 fully saturated rings. The average Bonchev–Trinajstić information content (AvgIpc) is 2.40. The Morgan fingerprint density at radius 2 is 1.90 bits per heavy atom. The molecule has 2 aromatic rings. The van der Waals surface area contributed by atoms with Gasteiger partial charge in [-0.05, 0) is 42.3 Å². The molecule has 5 heteroatoms. The van der Waals surface area contributed by atoms with Crippen molar-refractivity contribution in [3.63, 3.8) is 0 Å². The standard InChI is InChI=1S/C16H12F2O3/c1-10-2-4-13(9-15(10)18)21-14-7-11(3-5-16(19)20)6-12(17)8-14/h2-9H,1H3,(H,19,20)/b5-3+. The van der Waals surface area contributed by atoms with E-state index in [1.165, 1.54) is 24.3 Å². The molecule has 0 aliphatic carbocycles. The molecule has 0 aliphatic rings. The fourth-order valence-electron chi connectivity index (χ4n) is 1.68. The zero-order valence-corrected chi connectivity index (χ0v) is 11.1. The molecule has 0 saturated carbocycles. The van der Waals surface area contributed by atoms with E-state index in [4.69, 9.17) is 9.84 Å². The Morgan fingerprint density at radius 1 is 1.14 bits per heavy atom. The van der Waals surface area contributed by atoms with Gasteiger partial charge in [-0.25, -0.2) is 13.6 Å². The van der Waals surface area contributed by atoms with Crippen molar-refractivity contribution in [1.29, 1.82) is 0 Å². The SMILES string of the molecule is Cc1ccc(Oc2cc(F)cc(/C=C/C(=O)O)c2)cc1F. The summed E-state index contributed by atoms with van der Waals surface area (Å²) in [6, 6.07) is 8.08. The van der Waals surface area contributed by atoms with Crippen LogP contribution >= 0.6 is 0 Å². The van der Waals surface area contributed by atoms with Gasteiger partial charge in [0.05, 0.1) is 0 Å². The van der Waals surface area contributed by atoms with Gasteiger partial charge in [-0.2, -0.15) is 0 Å². The number of rotatable bonds is 4. The average molecular weight is 290 g/mol. The van der Waals surface area contributed by atoms with Crippen molar-refractivity contribution in [1.82, 2.24) is 0 Å². The van der Waals surface area contributed by atoms with E-state index in [-0.39, 0.29) is 11.5 Å². The molecule has 2 rings (SSSR count). The molecular weight excluding hydrogens is 278 g/mol. The minimum atomic E-state index is -1.14. The number of aryl methyl sites for hydroxylation is 1. The van der Waals surface area contributed by atoms with Crippen molar-refractivity contribution in [3.05, 3.63) is 65.2 Å². The molecule has 0 spiro atoms. The van der Waals surface area contributed by atoms with Gasteiger partial charge in [0, 0.05) is 18.2 Å². The number of aliphatic carboxylic acids is 1. The number of carbonyl (C=O) groups is 1. The van der Waals surface area contributed by atoms with Crippen LogP contribution in [0.4, 0.5) is 8.78 Å². The van der Waals surface area contributed by atoms with E-state index >= 15 is 0 Å². The first-order valence-electron chi connectivity index (χ1n) is 6.09. The number of halogens is 2. The molecule has 0 heterocycles.